The molecule has 1 aliphatic heterocycles. The fourth-order valence-electron chi connectivity index (χ4n) is 2.76. The molecule has 1 amide bonds. The van der Waals surface area contributed by atoms with Gasteiger partial charge in [-0.25, -0.2) is 16.3 Å². The van der Waals surface area contributed by atoms with Crippen LogP contribution >= 0.6 is 15.9 Å². The highest BCUT2D eigenvalue weighted by molar-refractivity contribution is 9.10. The van der Waals surface area contributed by atoms with Crippen LogP contribution in [0.15, 0.2) is 58.1 Å². The molecule has 1 heterocycles. The highest BCUT2D eigenvalue weighted by Gasteiger charge is 2.29. The Bertz CT molecular complexity index is 778. The summed E-state index contributed by atoms with van der Waals surface area (Å²) < 4.78 is 6.60. The summed E-state index contributed by atoms with van der Waals surface area (Å²) in [7, 11) is 0. The monoisotopic (exact) mass is 430 g/mol. The van der Waals surface area contributed by atoms with Crippen molar-refractivity contribution in [3.63, 3.8) is 0 Å². The Labute approximate surface area is 167 Å². The minimum atomic E-state index is -0.340. The number of hydrogen-bond donors (Lipinski definition) is 3. The Kier molecular flexibility index (Phi) is 6.98. The standard InChI is InChI=1S/C20H23BrN4O2/c1-2-11-27-17-9-5-15(6-10-17)18-12-19(24-23-18)20(26)25-22-13-14-3-7-16(21)8-4-14/h3-10,13,18-19,23-24H,2,11-12H2,1H3,(H,25,26)/b22-13+. The number of benzene rings is 2. The fourth-order valence-corrected chi connectivity index (χ4v) is 3.02. The molecule has 3 N–H and O–H groups in total. The number of carbonyl (C=O) groups is 1. The summed E-state index contributed by atoms with van der Waals surface area (Å²) >= 11 is 3.38. The Balaban J connectivity index is 1.49. The van der Waals surface area contributed by atoms with E-state index >= 15 is 0 Å². The summed E-state index contributed by atoms with van der Waals surface area (Å²) in [6.45, 7) is 2.79. The number of halogens is 1. The van der Waals surface area contributed by atoms with E-state index in [1.165, 1.54) is 0 Å². The van der Waals surface area contributed by atoms with Crippen molar-refractivity contribution in [1.29, 1.82) is 0 Å². The van der Waals surface area contributed by atoms with Crippen LogP contribution in [0, 0.1) is 0 Å². The molecule has 2 aromatic rings. The lowest BCUT2D eigenvalue weighted by Crippen LogP contribution is -2.41. The van der Waals surface area contributed by atoms with Gasteiger partial charge in [-0.15, -0.1) is 0 Å². The minimum absolute atomic E-state index is 0.0661. The second kappa shape index (κ2) is 9.64. The van der Waals surface area contributed by atoms with Crippen molar-refractivity contribution in [1.82, 2.24) is 16.3 Å². The summed E-state index contributed by atoms with van der Waals surface area (Å²) in [5.41, 5.74) is 10.8. The SMILES string of the molecule is CCCOc1ccc(C2CC(C(=O)N/N=C/c3ccc(Br)cc3)NN2)cc1. The topological polar surface area (TPSA) is 74.8 Å². The summed E-state index contributed by atoms with van der Waals surface area (Å²) in [6, 6.07) is 15.4. The molecule has 0 saturated carbocycles. The number of hydrazine groups is 1. The number of carbonyl (C=O) groups excluding carboxylic acids is 1. The van der Waals surface area contributed by atoms with E-state index in [1.54, 1.807) is 6.21 Å². The molecule has 3 rings (SSSR count). The molecular weight excluding hydrogens is 408 g/mol. The molecular formula is C20H23BrN4O2. The van der Waals surface area contributed by atoms with Gasteiger partial charge in [0, 0.05) is 10.5 Å². The van der Waals surface area contributed by atoms with Gasteiger partial charge in [0.15, 0.2) is 0 Å². The normalized spacial score (nSPS) is 19.3. The number of nitrogens with zero attached hydrogens (tertiary/aromatic N) is 1. The Morgan fingerprint density at radius 3 is 2.67 bits per heavy atom. The van der Waals surface area contributed by atoms with E-state index in [0.29, 0.717) is 13.0 Å². The van der Waals surface area contributed by atoms with Crippen LogP contribution in [0.5, 0.6) is 5.75 Å². The van der Waals surface area contributed by atoms with Crippen LogP contribution in [-0.4, -0.2) is 24.8 Å². The van der Waals surface area contributed by atoms with E-state index in [4.69, 9.17) is 4.74 Å². The largest absolute Gasteiger partial charge is 0.494 e. The quantitative estimate of drug-likeness (QED) is 0.465. The number of ether oxygens (including phenoxy) is 1. The molecule has 7 heteroatoms. The Morgan fingerprint density at radius 1 is 1.22 bits per heavy atom. The van der Waals surface area contributed by atoms with Crippen molar-refractivity contribution < 1.29 is 9.53 Å². The predicted molar refractivity (Wildman–Crippen MR) is 110 cm³/mol. The van der Waals surface area contributed by atoms with Crippen LogP contribution in [0.25, 0.3) is 0 Å². The van der Waals surface area contributed by atoms with Gasteiger partial charge in [-0.2, -0.15) is 5.10 Å². The molecule has 0 aromatic heterocycles. The zero-order valence-electron chi connectivity index (χ0n) is 15.1. The van der Waals surface area contributed by atoms with Gasteiger partial charge < -0.3 is 4.74 Å². The highest BCUT2D eigenvalue weighted by atomic mass is 79.9. The zero-order valence-corrected chi connectivity index (χ0v) is 16.7. The second-order valence-electron chi connectivity index (χ2n) is 6.33. The highest BCUT2D eigenvalue weighted by Crippen LogP contribution is 2.24. The molecule has 2 atom stereocenters. The average Bonchev–Trinajstić information content (AvgIpc) is 3.18. The molecule has 2 unspecified atom stereocenters. The van der Waals surface area contributed by atoms with Crippen LogP contribution in [0.3, 0.4) is 0 Å². The second-order valence-corrected chi connectivity index (χ2v) is 7.25. The predicted octanol–water partition coefficient (Wildman–Crippen LogP) is 3.30. The first kappa shape index (κ1) is 19.5. The number of nitrogens with one attached hydrogen (secondary N) is 3. The van der Waals surface area contributed by atoms with Crippen molar-refractivity contribution in [2.75, 3.05) is 6.61 Å². The van der Waals surface area contributed by atoms with Gasteiger partial charge in [0.25, 0.3) is 5.91 Å². The zero-order chi connectivity index (χ0) is 19.1. The van der Waals surface area contributed by atoms with E-state index in [2.05, 4.69) is 44.2 Å². The van der Waals surface area contributed by atoms with E-state index in [9.17, 15) is 4.79 Å². The van der Waals surface area contributed by atoms with E-state index in [1.807, 2.05) is 48.5 Å². The van der Waals surface area contributed by atoms with Gasteiger partial charge >= 0.3 is 0 Å². The van der Waals surface area contributed by atoms with Crippen molar-refractivity contribution in [3.8, 4) is 5.75 Å². The van der Waals surface area contributed by atoms with Gasteiger partial charge in [-0.3, -0.25) is 4.79 Å². The van der Waals surface area contributed by atoms with Gasteiger partial charge in [-0.1, -0.05) is 47.1 Å². The molecule has 0 radical (unpaired) electrons. The molecule has 1 fully saturated rings. The van der Waals surface area contributed by atoms with Crippen LogP contribution in [-0.2, 0) is 4.79 Å². The minimum Gasteiger partial charge on any atom is -0.494 e. The number of hydrazone groups is 1. The first-order valence-corrected chi connectivity index (χ1v) is 9.77. The Morgan fingerprint density at radius 2 is 1.96 bits per heavy atom. The van der Waals surface area contributed by atoms with Crippen molar-refractivity contribution in [2.45, 2.75) is 31.8 Å². The summed E-state index contributed by atoms with van der Waals surface area (Å²) in [4.78, 5) is 12.3. The maximum Gasteiger partial charge on any atom is 0.258 e. The number of rotatable bonds is 7. The van der Waals surface area contributed by atoms with E-state index in [0.717, 1.165) is 27.8 Å². The molecule has 27 heavy (non-hydrogen) atoms. The first-order chi connectivity index (χ1) is 13.2. The maximum absolute atomic E-state index is 12.3. The molecule has 6 nitrogen and oxygen atoms in total. The van der Waals surface area contributed by atoms with Crippen LogP contribution < -0.4 is 21.0 Å². The van der Waals surface area contributed by atoms with Gasteiger partial charge in [0.1, 0.15) is 11.8 Å². The van der Waals surface area contributed by atoms with Gasteiger partial charge in [-0.05, 0) is 48.2 Å². The van der Waals surface area contributed by atoms with Crippen molar-refractivity contribution >= 4 is 28.1 Å². The lowest BCUT2D eigenvalue weighted by molar-refractivity contribution is -0.122. The number of hydrogen-bond acceptors (Lipinski definition) is 5. The fraction of sp³-hybridized carbons (Fsp3) is 0.300. The van der Waals surface area contributed by atoms with E-state index < -0.39 is 0 Å². The molecule has 2 aromatic carbocycles. The van der Waals surface area contributed by atoms with Crippen molar-refractivity contribution in [3.05, 3.63) is 64.1 Å². The van der Waals surface area contributed by atoms with Gasteiger partial charge in [0.05, 0.1) is 12.8 Å². The molecule has 142 valence electrons. The van der Waals surface area contributed by atoms with Crippen LogP contribution in [0.1, 0.15) is 36.9 Å². The third-order valence-electron chi connectivity index (χ3n) is 4.23. The summed E-state index contributed by atoms with van der Waals surface area (Å²) in [6.07, 6.45) is 3.25. The lowest BCUT2D eigenvalue weighted by Gasteiger charge is -2.11. The maximum atomic E-state index is 12.3. The molecule has 0 spiro atoms. The van der Waals surface area contributed by atoms with Gasteiger partial charge in [0.2, 0.25) is 0 Å². The van der Waals surface area contributed by atoms with E-state index in [-0.39, 0.29) is 18.0 Å². The lowest BCUT2D eigenvalue weighted by atomic mass is 10.0. The summed E-state index contributed by atoms with van der Waals surface area (Å²) in [5, 5.41) is 4.03. The first-order valence-electron chi connectivity index (χ1n) is 8.98. The Hall–Kier alpha value is -2.22. The third-order valence-corrected chi connectivity index (χ3v) is 4.76. The molecule has 0 bridgehead atoms. The van der Waals surface area contributed by atoms with Crippen molar-refractivity contribution in [2.24, 2.45) is 5.10 Å². The molecule has 0 aliphatic carbocycles. The van der Waals surface area contributed by atoms with Crippen LogP contribution in [0.2, 0.25) is 0 Å². The molecule has 1 saturated heterocycles. The number of amides is 1. The summed E-state index contributed by atoms with van der Waals surface area (Å²) in [5.74, 6) is 0.699. The molecule has 1 aliphatic rings. The third kappa shape index (κ3) is 5.63. The average molecular weight is 431 g/mol. The smallest absolute Gasteiger partial charge is 0.258 e. The van der Waals surface area contributed by atoms with Crippen LogP contribution in [0.4, 0.5) is 0 Å².